The van der Waals surface area contributed by atoms with Gasteiger partial charge in [0.25, 0.3) is 0 Å². The van der Waals surface area contributed by atoms with Crippen LogP contribution in [0.5, 0.6) is 0 Å². The molecule has 1 rings (SSSR count). The molecule has 0 aliphatic rings. The van der Waals surface area contributed by atoms with Crippen molar-refractivity contribution in [3.05, 3.63) is 29.8 Å². The third-order valence-electron chi connectivity index (χ3n) is 1.54. The van der Waals surface area contributed by atoms with Gasteiger partial charge >= 0.3 is 5.97 Å². The van der Waals surface area contributed by atoms with E-state index in [2.05, 4.69) is 0 Å². The van der Waals surface area contributed by atoms with Gasteiger partial charge in [-0.1, -0.05) is 31.7 Å². The van der Waals surface area contributed by atoms with Gasteiger partial charge in [-0.3, -0.25) is 0 Å². The highest BCUT2D eigenvalue weighted by Gasteiger charge is 2.09. The van der Waals surface area contributed by atoms with Crippen LogP contribution in [0.3, 0.4) is 0 Å². The molecule has 1 radical (unpaired) electrons. The number of carbonyl (C=O) groups excluding carboxylic acids is 1. The van der Waals surface area contributed by atoms with Crippen LogP contribution in [-0.2, 0) is 4.74 Å². The summed E-state index contributed by atoms with van der Waals surface area (Å²) in [7, 11) is 0. The standard InChI is InChI=1S/C10H11O2S/c1-2-7-12-10(11)8-5-3-4-6-9(8)13/h3-6H,2,7H2,1H3. The van der Waals surface area contributed by atoms with E-state index in [0.29, 0.717) is 17.1 Å². The average molecular weight is 195 g/mol. The van der Waals surface area contributed by atoms with E-state index in [4.69, 9.17) is 17.4 Å². The largest absolute Gasteiger partial charge is 0.462 e. The van der Waals surface area contributed by atoms with Gasteiger partial charge in [-0.25, -0.2) is 4.79 Å². The van der Waals surface area contributed by atoms with E-state index >= 15 is 0 Å². The van der Waals surface area contributed by atoms with Crippen LogP contribution in [0.25, 0.3) is 0 Å². The lowest BCUT2D eigenvalue weighted by molar-refractivity contribution is 0.0501. The number of carbonyl (C=O) groups is 1. The van der Waals surface area contributed by atoms with Crippen molar-refractivity contribution in [2.45, 2.75) is 18.2 Å². The quantitative estimate of drug-likeness (QED) is 0.693. The third kappa shape index (κ3) is 2.70. The summed E-state index contributed by atoms with van der Waals surface area (Å²) >= 11 is 4.98. The van der Waals surface area contributed by atoms with Gasteiger partial charge in [-0.05, 0) is 18.6 Å². The molecule has 2 nitrogen and oxygen atoms in total. The second kappa shape index (κ2) is 4.82. The minimum atomic E-state index is -0.326. The first-order valence-electron chi connectivity index (χ1n) is 4.19. The van der Waals surface area contributed by atoms with E-state index in [0.717, 1.165) is 6.42 Å². The Bertz CT molecular complexity index is 297. The van der Waals surface area contributed by atoms with Crippen molar-refractivity contribution in [3.8, 4) is 0 Å². The van der Waals surface area contributed by atoms with Crippen molar-refractivity contribution < 1.29 is 9.53 Å². The molecule has 0 aliphatic heterocycles. The molecule has 1 aromatic rings. The summed E-state index contributed by atoms with van der Waals surface area (Å²) in [5.74, 6) is -0.326. The highest BCUT2D eigenvalue weighted by Crippen LogP contribution is 2.13. The second-order valence-corrected chi connectivity index (χ2v) is 3.07. The zero-order chi connectivity index (χ0) is 9.68. The van der Waals surface area contributed by atoms with Crippen LogP contribution in [0.1, 0.15) is 23.7 Å². The van der Waals surface area contributed by atoms with Crippen molar-refractivity contribution in [2.75, 3.05) is 6.61 Å². The molecule has 0 unspecified atom stereocenters. The normalized spacial score (nSPS) is 9.62. The van der Waals surface area contributed by atoms with Crippen molar-refractivity contribution in [1.29, 1.82) is 0 Å². The van der Waals surface area contributed by atoms with E-state index in [1.165, 1.54) is 0 Å². The Morgan fingerprint density at radius 1 is 1.46 bits per heavy atom. The minimum Gasteiger partial charge on any atom is -0.462 e. The molecule has 13 heavy (non-hydrogen) atoms. The predicted molar refractivity (Wildman–Crippen MR) is 52.9 cm³/mol. The van der Waals surface area contributed by atoms with Crippen LogP contribution in [0.4, 0.5) is 0 Å². The fourth-order valence-electron chi connectivity index (χ4n) is 0.908. The minimum absolute atomic E-state index is 0.326. The highest BCUT2D eigenvalue weighted by atomic mass is 32.1. The average Bonchev–Trinajstić information content (AvgIpc) is 2.15. The second-order valence-electron chi connectivity index (χ2n) is 2.63. The van der Waals surface area contributed by atoms with Gasteiger partial charge in [0, 0.05) is 0 Å². The van der Waals surface area contributed by atoms with Crippen LogP contribution in [0, 0.1) is 0 Å². The Morgan fingerprint density at radius 2 is 2.15 bits per heavy atom. The highest BCUT2D eigenvalue weighted by molar-refractivity contribution is 7.80. The van der Waals surface area contributed by atoms with E-state index in [9.17, 15) is 4.79 Å². The van der Waals surface area contributed by atoms with Crippen molar-refractivity contribution in [2.24, 2.45) is 0 Å². The summed E-state index contributed by atoms with van der Waals surface area (Å²) in [5, 5.41) is 0. The summed E-state index contributed by atoms with van der Waals surface area (Å²) < 4.78 is 4.95. The molecule has 0 N–H and O–H groups in total. The van der Waals surface area contributed by atoms with Gasteiger partial charge in [-0.2, -0.15) is 0 Å². The molecule has 0 aliphatic carbocycles. The zero-order valence-electron chi connectivity index (χ0n) is 7.45. The number of hydrogen-bond donors (Lipinski definition) is 0. The Morgan fingerprint density at radius 3 is 2.77 bits per heavy atom. The maximum atomic E-state index is 11.3. The number of hydrogen-bond acceptors (Lipinski definition) is 2. The molecular weight excluding hydrogens is 184 g/mol. The van der Waals surface area contributed by atoms with Gasteiger partial charge in [0.1, 0.15) is 0 Å². The smallest absolute Gasteiger partial charge is 0.339 e. The first kappa shape index (κ1) is 9.99. The van der Waals surface area contributed by atoms with Gasteiger partial charge in [0.15, 0.2) is 0 Å². The molecule has 0 aromatic heterocycles. The van der Waals surface area contributed by atoms with Crippen molar-refractivity contribution in [3.63, 3.8) is 0 Å². The monoisotopic (exact) mass is 195 g/mol. The third-order valence-corrected chi connectivity index (χ3v) is 1.90. The molecule has 0 spiro atoms. The summed E-state index contributed by atoms with van der Waals surface area (Å²) in [6.45, 7) is 2.40. The lowest BCUT2D eigenvalue weighted by atomic mass is 10.2. The van der Waals surface area contributed by atoms with Crippen LogP contribution in [0.2, 0.25) is 0 Å². The van der Waals surface area contributed by atoms with Crippen molar-refractivity contribution >= 4 is 18.6 Å². The van der Waals surface area contributed by atoms with Crippen LogP contribution >= 0.6 is 12.6 Å². The number of ether oxygens (including phenoxy) is 1. The van der Waals surface area contributed by atoms with Gasteiger partial charge in [0.05, 0.1) is 17.1 Å². The zero-order valence-corrected chi connectivity index (χ0v) is 8.26. The van der Waals surface area contributed by atoms with Gasteiger partial charge in [-0.15, -0.1) is 0 Å². The summed E-state index contributed by atoms with van der Waals surface area (Å²) in [5.41, 5.74) is 0.478. The van der Waals surface area contributed by atoms with Gasteiger partial charge < -0.3 is 4.74 Å². The molecule has 0 heterocycles. The molecule has 0 saturated carbocycles. The summed E-state index contributed by atoms with van der Waals surface area (Å²) in [6, 6.07) is 6.98. The van der Waals surface area contributed by atoms with Crippen LogP contribution in [-0.4, -0.2) is 12.6 Å². The van der Waals surface area contributed by atoms with Crippen LogP contribution < -0.4 is 0 Å². The molecule has 0 saturated heterocycles. The molecular formula is C10H11O2S. The molecule has 0 amide bonds. The van der Waals surface area contributed by atoms with Gasteiger partial charge in [0.2, 0.25) is 0 Å². The van der Waals surface area contributed by atoms with Crippen LogP contribution in [0.15, 0.2) is 29.2 Å². The molecule has 1 aromatic carbocycles. The summed E-state index contributed by atoms with van der Waals surface area (Å²) in [6.07, 6.45) is 0.825. The molecule has 69 valence electrons. The van der Waals surface area contributed by atoms with E-state index in [1.54, 1.807) is 24.3 Å². The Hall–Kier alpha value is -1.09. The molecule has 0 bridgehead atoms. The lowest BCUT2D eigenvalue weighted by Crippen LogP contribution is -2.06. The number of benzene rings is 1. The predicted octanol–water partition coefficient (Wildman–Crippen LogP) is 2.81. The molecule has 0 fully saturated rings. The first-order chi connectivity index (χ1) is 6.25. The summed E-state index contributed by atoms with van der Waals surface area (Å²) in [4.78, 5) is 11.9. The SMILES string of the molecule is CCCOC(=O)c1ccccc1[S]. The Balaban J connectivity index is 2.71. The number of esters is 1. The first-order valence-corrected chi connectivity index (χ1v) is 4.59. The lowest BCUT2D eigenvalue weighted by Gasteiger charge is -2.03. The van der Waals surface area contributed by atoms with E-state index < -0.39 is 0 Å². The van der Waals surface area contributed by atoms with Crippen molar-refractivity contribution in [1.82, 2.24) is 0 Å². The fourth-order valence-corrected chi connectivity index (χ4v) is 1.14. The Kier molecular flexibility index (Phi) is 3.71. The fraction of sp³-hybridized carbons (Fsp3) is 0.300. The maximum Gasteiger partial charge on any atom is 0.339 e. The maximum absolute atomic E-state index is 11.3. The molecule has 3 heteroatoms. The van der Waals surface area contributed by atoms with E-state index in [-0.39, 0.29) is 5.97 Å². The number of rotatable bonds is 3. The Labute approximate surface area is 83.3 Å². The van der Waals surface area contributed by atoms with E-state index in [1.807, 2.05) is 6.92 Å². The topological polar surface area (TPSA) is 26.3 Å². The molecule has 0 atom stereocenters.